The average Bonchev–Trinajstić information content (AvgIpc) is 3.21. The molecule has 5 aliphatic rings. The number of carbonyl (C=O) groups excluding carboxylic acids is 1. The zero-order chi connectivity index (χ0) is 25.6. The highest BCUT2D eigenvalue weighted by Crippen LogP contribution is 2.70. The number of fused-ring (bicyclic) bond motifs is 1. The molecule has 7 rings (SSSR count). The number of hydrogen-bond acceptors (Lipinski definition) is 4. The number of carbonyl (C=O) groups is 1. The average molecular weight is 501 g/mol. The monoisotopic (exact) mass is 500 g/mol. The van der Waals surface area contributed by atoms with Gasteiger partial charge >= 0.3 is 0 Å². The van der Waals surface area contributed by atoms with Crippen LogP contribution in [0.2, 0.25) is 0 Å². The lowest BCUT2D eigenvalue weighted by atomic mass is 9.40. The quantitative estimate of drug-likeness (QED) is 0.596. The number of amides is 1. The van der Waals surface area contributed by atoms with Crippen molar-refractivity contribution in [2.75, 3.05) is 25.5 Å². The van der Waals surface area contributed by atoms with Crippen LogP contribution in [-0.2, 0) is 5.54 Å². The van der Waals surface area contributed by atoms with Crippen LogP contribution in [0.5, 0.6) is 0 Å². The minimum atomic E-state index is -2.95. The number of hydrogen-bond donors (Lipinski definition) is 2. The molecule has 1 aromatic heterocycles. The Kier molecular flexibility index (Phi) is 5.14. The van der Waals surface area contributed by atoms with Gasteiger partial charge in [0.15, 0.2) is 0 Å². The van der Waals surface area contributed by atoms with Crippen molar-refractivity contribution in [3.05, 3.63) is 63.3 Å². The predicted molar refractivity (Wildman–Crippen MR) is 130 cm³/mol. The van der Waals surface area contributed by atoms with E-state index in [-0.39, 0.29) is 28.1 Å². The molecule has 36 heavy (non-hydrogen) atoms. The second kappa shape index (κ2) is 7.84. The Bertz CT molecular complexity index is 1280. The van der Waals surface area contributed by atoms with Gasteiger partial charge in [-0.2, -0.15) is 0 Å². The van der Waals surface area contributed by atoms with Crippen LogP contribution in [0.3, 0.4) is 0 Å². The molecular weight excluding hydrogens is 469 g/mol. The Labute approximate surface area is 207 Å². The molecule has 2 heterocycles. The van der Waals surface area contributed by atoms with E-state index >= 15 is 0 Å². The number of halogens is 3. The molecule has 4 aliphatic carbocycles. The molecule has 4 saturated carbocycles. The summed E-state index contributed by atoms with van der Waals surface area (Å²) < 4.78 is 42.8. The molecule has 2 bridgehead atoms. The fourth-order valence-corrected chi connectivity index (χ4v) is 7.24. The summed E-state index contributed by atoms with van der Waals surface area (Å²) in [7, 11) is 2.08. The second-order valence-corrected chi connectivity index (χ2v) is 11.8. The molecule has 1 aromatic carbocycles. The zero-order valence-corrected chi connectivity index (χ0v) is 20.7. The first kappa shape index (κ1) is 23.6. The summed E-state index contributed by atoms with van der Waals surface area (Å²) in [5.41, 5.74) is 0.00704. The van der Waals surface area contributed by atoms with Crippen LogP contribution in [0, 0.1) is 23.1 Å². The highest BCUT2D eigenvalue weighted by atomic mass is 19.3. The van der Waals surface area contributed by atoms with Crippen molar-refractivity contribution in [2.24, 2.45) is 17.3 Å². The maximum absolute atomic E-state index is 14.7. The number of likely N-dealkylation sites (tertiary alicyclic amines) is 1. The zero-order valence-electron chi connectivity index (χ0n) is 20.7. The largest absolute Gasteiger partial charge is 0.381 e. The Morgan fingerprint density at radius 3 is 2.39 bits per heavy atom. The van der Waals surface area contributed by atoms with Gasteiger partial charge in [-0.05, 0) is 50.5 Å². The van der Waals surface area contributed by atoms with E-state index in [2.05, 4.69) is 29.5 Å². The van der Waals surface area contributed by atoms with Crippen LogP contribution in [0.25, 0.3) is 0 Å². The molecule has 9 heteroatoms. The Balaban J connectivity index is 1.29. The molecule has 2 N–H and O–H groups in total. The molecule has 192 valence electrons. The molecule has 2 aromatic rings. The molecule has 1 aliphatic heterocycles. The highest BCUT2D eigenvalue weighted by molar-refractivity contribution is 5.99. The molecule has 6 nitrogen and oxygen atoms in total. The normalized spacial score (nSPS) is 32.9. The number of nitrogens with one attached hydrogen (secondary N) is 2. The molecule has 1 unspecified atom stereocenters. The van der Waals surface area contributed by atoms with E-state index in [1.54, 1.807) is 17.7 Å². The number of aromatic nitrogens is 1. The van der Waals surface area contributed by atoms with Crippen molar-refractivity contribution in [1.29, 1.82) is 0 Å². The SMILES string of the molecule is C[C@@H](NC(=O)c1cn(C23CC(C)(C2)C3)c(=O)cc1NC1[C@H]2CN(C)C[C@@H]12)c1cccc(C(F)F)c1F. The first-order chi connectivity index (χ1) is 17.0. The van der Waals surface area contributed by atoms with Gasteiger partial charge in [0.25, 0.3) is 17.9 Å². The summed E-state index contributed by atoms with van der Waals surface area (Å²) in [4.78, 5) is 28.9. The van der Waals surface area contributed by atoms with Crippen LogP contribution in [0.1, 0.15) is 67.1 Å². The van der Waals surface area contributed by atoms with E-state index in [9.17, 15) is 22.8 Å². The first-order valence-electron chi connectivity index (χ1n) is 12.6. The van der Waals surface area contributed by atoms with Crippen molar-refractivity contribution >= 4 is 11.6 Å². The van der Waals surface area contributed by atoms with Gasteiger partial charge in [-0.25, -0.2) is 13.2 Å². The summed E-state index contributed by atoms with van der Waals surface area (Å²) in [5.74, 6) is -0.519. The standard InChI is InChI=1S/C27H31F3N4O2/c1-14(15-5-4-6-16(22(15)28)24(29)30)31-25(36)19-10-34(27-11-26(2,12-27)13-27)21(35)7-20(19)32-23-17-8-33(3)9-18(17)23/h4-7,10,14,17-18,23-24,32H,8-9,11-13H2,1-3H3,(H,31,36)/t14-,17-,18+,23?,26?,27?/m1/s1. The maximum atomic E-state index is 14.7. The van der Waals surface area contributed by atoms with Gasteiger partial charge in [0.05, 0.1) is 22.9 Å². The third-order valence-corrected chi connectivity index (χ3v) is 8.88. The molecule has 1 amide bonds. The minimum Gasteiger partial charge on any atom is -0.381 e. The van der Waals surface area contributed by atoms with Crippen LogP contribution >= 0.6 is 0 Å². The van der Waals surface area contributed by atoms with E-state index in [0.717, 1.165) is 38.4 Å². The van der Waals surface area contributed by atoms with Crippen molar-refractivity contribution in [1.82, 2.24) is 14.8 Å². The Morgan fingerprint density at radius 1 is 1.14 bits per heavy atom. The number of alkyl halides is 2. The van der Waals surface area contributed by atoms with E-state index < -0.39 is 29.8 Å². The van der Waals surface area contributed by atoms with E-state index in [0.29, 0.717) is 23.1 Å². The second-order valence-electron chi connectivity index (χ2n) is 11.8. The Morgan fingerprint density at radius 2 is 1.78 bits per heavy atom. The first-order valence-corrected chi connectivity index (χ1v) is 12.6. The Hall–Kier alpha value is -2.81. The topological polar surface area (TPSA) is 66.4 Å². The van der Waals surface area contributed by atoms with Gasteiger partial charge in [0.1, 0.15) is 5.82 Å². The van der Waals surface area contributed by atoms with Crippen molar-refractivity contribution in [2.45, 2.75) is 57.2 Å². The van der Waals surface area contributed by atoms with Crippen molar-refractivity contribution < 1.29 is 18.0 Å². The third kappa shape index (κ3) is 3.57. The van der Waals surface area contributed by atoms with Crippen LogP contribution < -0.4 is 16.2 Å². The number of nitrogens with zero attached hydrogens (tertiary/aromatic N) is 2. The van der Waals surface area contributed by atoms with Gasteiger partial charge in [-0.15, -0.1) is 0 Å². The highest BCUT2D eigenvalue weighted by Gasteiger charge is 2.66. The molecule has 4 atom stereocenters. The third-order valence-electron chi connectivity index (χ3n) is 8.88. The van der Waals surface area contributed by atoms with Gasteiger partial charge in [0, 0.05) is 42.5 Å². The summed E-state index contributed by atoms with van der Waals surface area (Å²) in [6.45, 7) is 5.71. The minimum absolute atomic E-state index is 0.00362. The summed E-state index contributed by atoms with van der Waals surface area (Å²) in [6, 6.07) is 4.68. The van der Waals surface area contributed by atoms with Gasteiger partial charge in [-0.1, -0.05) is 25.1 Å². The van der Waals surface area contributed by atoms with E-state index in [1.807, 2.05) is 0 Å². The fraction of sp³-hybridized carbons (Fsp3) is 0.556. The summed E-state index contributed by atoms with van der Waals surface area (Å²) >= 11 is 0. The van der Waals surface area contributed by atoms with Gasteiger partial charge in [-0.3, -0.25) is 9.59 Å². The molecule has 0 radical (unpaired) electrons. The number of anilines is 1. The number of benzene rings is 1. The number of piperidine rings is 1. The van der Waals surface area contributed by atoms with E-state index in [1.165, 1.54) is 18.2 Å². The lowest BCUT2D eigenvalue weighted by Gasteiger charge is -2.69. The smallest absolute Gasteiger partial charge is 0.266 e. The van der Waals surface area contributed by atoms with Crippen LogP contribution in [0.15, 0.2) is 35.3 Å². The van der Waals surface area contributed by atoms with Crippen LogP contribution in [-0.4, -0.2) is 41.6 Å². The van der Waals surface area contributed by atoms with Crippen LogP contribution in [0.4, 0.5) is 18.9 Å². The predicted octanol–water partition coefficient (Wildman–Crippen LogP) is 4.29. The molecule has 0 spiro atoms. The fourth-order valence-electron chi connectivity index (χ4n) is 7.24. The number of rotatable bonds is 7. The van der Waals surface area contributed by atoms with Gasteiger partial charge in [0.2, 0.25) is 0 Å². The summed E-state index contributed by atoms with van der Waals surface area (Å²) in [6.07, 6.45) is 1.43. The van der Waals surface area contributed by atoms with Gasteiger partial charge < -0.3 is 20.1 Å². The van der Waals surface area contributed by atoms with Crippen molar-refractivity contribution in [3.63, 3.8) is 0 Å². The lowest BCUT2D eigenvalue weighted by molar-refractivity contribution is -0.175. The summed E-state index contributed by atoms with van der Waals surface area (Å²) in [5, 5.41) is 6.22. The molecule has 5 fully saturated rings. The van der Waals surface area contributed by atoms with Crippen molar-refractivity contribution in [3.8, 4) is 0 Å². The lowest BCUT2D eigenvalue weighted by Crippen LogP contribution is -2.68. The maximum Gasteiger partial charge on any atom is 0.266 e. The number of pyridine rings is 1. The molecular formula is C27H31F3N4O2. The molecule has 1 saturated heterocycles. The van der Waals surface area contributed by atoms with E-state index in [4.69, 9.17) is 0 Å².